The first-order chi connectivity index (χ1) is 11.4. The first-order valence-corrected chi connectivity index (χ1v) is 8.86. The van der Waals surface area contributed by atoms with Gasteiger partial charge in [-0.05, 0) is 43.7 Å². The van der Waals surface area contributed by atoms with E-state index in [0.29, 0.717) is 0 Å². The molecule has 3 aromatic rings. The number of halogens is 1. The predicted octanol–water partition coefficient (Wildman–Crippen LogP) is 5.91. The SMILES string of the molecule is CC(=O)OC(C)c1cccc(Sc2c(C)[nH]c3cc(Cl)ccc23)c1. The highest BCUT2D eigenvalue weighted by Crippen LogP contribution is 2.38. The maximum Gasteiger partial charge on any atom is 0.303 e. The fourth-order valence-electron chi connectivity index (χ4n) is 2.68. The van der Waals surface area contributed by atoms with Gasteiger partial charge in [-0.25, -0.2) is 0 Å². The zero-order valence-corrected chi connectivity index (χ0v) is 15.3. The van der Waals surface area contributed by atoms with Crippen LogP contribution < -0.4 is 0 Å². The van der Waals surface area contributed by atoms with E-state index in [2.05, 4.69) is 24.0 Å². The van der Waals surface area contributed by atoms with Gasteiger partial charge in [0.2, 0.25) is 0 Å². The monoisotopic (exact) mass is 359 g/mol. The molecule has 1 atom stereocenters. The Bertz CT molecular complexity index is 904. The van der Waals surface area contributed by atoms with E-state index in [4.69, 9.17) is 16.3 Å². The lowest BCUT2D eigenvalue weighted by atomic mass is 10.1. The molecule has 1 N–H and O–H groups in total. The van der Waals surface area contributed by atoms with Gasteiger partial charge in [-0.1, -0.05) is 41.6 Å². The average molecular weight is 360 g/mol. The molecule has 2 aromatic carbocycles. The fourth-order valence-corrected chi connectivity index (χ4v) is 3.92. The maximum absolute atomic E-state index is 11.1. The highest BCUT2D eigenvalue weighted by atomic mass is 35.5. The van der Waals surface area contributed by atoms with Gasteiger partial charge in [0.05, 0.1) is 0 Å². The van der Waals surface area contributed by atoms with E-state index in [1.165, 1.54) is 11.8 Å². The van der Waals surface area contributed by atoms with Crippen molar-refractivity contribution >= 4 is 40.2 Å². The van der Waals surface area contributed by atoms with Gasteiger partial charge in [-0.3, -0.25) is 4.79 Å². The number of carbonyl (C=O) groups excluding carboxylic acids is 1. The van der Waals surface area contributed by atoms with Crippen LogP contribution in [-0.2, 0) is 9.53 Å². The lowest BCUT2D eigenvalue weighted by Gasteiger charge is -2.13. The van der Waals surface area contributed by atoms with E-state index in [-0.39, 0.29) is 12.1 Å². The predicted molar refractivity (Wildman–Crippen MR) is 98.8 cm³/mol. The first-order valence-electron chi connectivity index (χ1n) is 7.67. The van der Waals surface area contributed by atoms with Crippen molar-refractivity contribution in [3.05, 3.63) is 58.7 Å². The molecule has 0 spiro atoms. The summed E-state index contributed by atoms with van der Waals surface area (Å²) in [7, 11) is 0. The topological polar surface area (TPSA) is 42.1 Å². The number of aromatic amines is 1. The minimum Gasteiger partial charge on any atom is -0.458 e. The molecule has 0 saturated carbocycles. The van der Waals surface area contributed by atoms with E-state index >= 15 is 0 Å². The highest BCUT2D eigenvalue weighted by Gasteiger charge is 2.13. The third kappa shape index (κ3) is 3.60. The van der Waals surface area contributed by atoms with Crippen molar-refractivity contribution in [3.63, 3.8) is 0 Å². The molecule has 1 heterocycles. The smallest absolute Gasteiger partial charge is 0.303 e. The van der Waals surface area contributed by atoms with E-state index in [1.807, 2.05) is 37.3 Å². The number of hydrogen-bond acceptors (Lipinski definition) is 3. The maximum atomic E-state index is 11.1. The lowest BCUT2D eigenvalue weighted by Crippen LogP contribution is -2.04. The number of benzene rings is 2. The summed E-state index contributed by atoms with van der Waals surface area (Å²) >= 11 is 7.76. The summed E-state index contributed by atoms with van der Waals surface area (Å²) in [5, 5.41) is 1.87. The molecule has 1 unspecified atom stereocenters. The van der Waals surface area contributed by atoms with Crippen molar-refractivity contribution in [2.45, 2.75) is 36.7 Å². The van der Waals surface area contributed by atoms with Gasteiger partial charge in [-0.2, -0.15) is 0 Å². The zero-order valence-electron chi connectivity index (χ0n) is 13.7. The molecule has 24 heavy (non-hydrogen) atoms. The van der Waals surface area contributed by atoms with Crippen LogP contribution in [0.5, 0.6) is 0 Å². The van der Waals surface area contributed by atoms with Crippen molar-refractivity contribution in [3.8, 4) is 0 Å². The lowest BCUT2D eigenvalue weighted by molar-refractivity contribution is -0.145. The van der Waals surface area contributed by atoms with Crippen molar-refractivity contribution in [2.75, 3.05) is 0 Å². The Balaban J connectivity index is 1.92. The van der Waals surface area contributed by atoms with E-state index in [0.717, 1.165) is 32.1 Å². The summed E-state index contributed by atoms with van der Waals surface area (Å²) < 4.78 is 5.26. The summed E-state index contributed by atoms with van der Waals surface area (Å²) in [6.07, 6.45) is -0.258. The largest absolute Gasteiger partial charge is 0.458 e. The zero-order chi connectivity index (χ0) is 17.3. The molecular formula is C19H18ClNO2S. The molecule has 1 aromatic heterocycles. The molecule has 0 aliphatic carbocycles. The number of rotatable bonds is 4. The van der Waals surface area contributed by atoms with Crippen LogP contribution in [0.15, 0.2) is 52.3 Å². The molecule has 124 valence electrons. The average Bonchev–Trinajstić information content (AvgIpc) is 2.82. The molecule has 5 heteroatoms. The fraction of sp³-hybridized carbons (Fsp3) is 0.211. The Morgan fingerprint density at radius 2 is 2.04 bits per heavy atom. The Hall–Kier alpha value is -1.91. The normalized spacial score (nSPS) is 12.3. The Labute approximate surface area is 150 Å². The molecule has 3 rings (SSSR count). The molecular weight excluding hydrogens is 342 g/mol. The number of aromatic nitrogens is 1. The van der Waals surface area contributed by atoms with Crippen LogP contribution >= 0.6 is 23.4 Å². The highest BCUT2D eigenvalue weighted by molar-refractivity contribution is 7.99. The third-order valence-electron chi connectivity index (χ3n) is 3.78. The van der Waals surface area contributed by atoms with Gasteiger partial charge in [0.25, 0.3) is 0 Å². The molecule has 0 aliphatic rings. The van der Waals surface area contributed by atoms with Crippen molar-refractivity contribution in [1.82, 2.24) is 4.98 Å². The Morgan fingerprint density at radius 1 is 1.25 bits per heavy atom. The van der Waals surface area contributed by atoms with Crippen molar-refractivity contribution in [1.29, 1.82) is 0 Å². The molecule has 3 nitrogen and oxygen atoms in total. The van der Waals surface area contributed by atoms with Crippen molar-refractivity contribution in [2.24, 2.45) is 0 Å². The molecule has 0 fully saturated rings. The quantitative estimate of drug-likeness (QED) is 0.589. The number of ether oxygens (including phenoxy) is 1. The van der Waals surface area contributed by atoms with E-state index < -0.39 is 0 Å². The second-order valence-corrected chi connectivity index (χ2v) is 7.22. The molecule has 0 saturated heterocycles. The number of H-pyrrole nitrogens is 1. The van der Waals surface area contributed by atoms with Gasteiger partial charge in [0.15, 0.2) is 0 Å². The number of aryl methyl sites for hydroxylation is 1. The van der Waals surface area contributed by atoms with Crippen LogP contribution in [0.25, 0.3) is 10.9 Å². The summed E-state index contributed by atoms with van der Waals surface area (Å²) in [5.74, 6) is -0.273. The van der Waals surface area contributed by atoms with Crippen LogP contribution in [0, 0.1) is 6.92 Å². The molecule has 0 aliphatic heterocycles. The Morgan fingerprint density at radius 3 is 2.79 bits per heavy atom. The number of nitrogens with one attached hydrogen (secondary N) is 1. The van der Waals surface area contributed by atoms with Gasteiger partial charge in [-0.15, -0.1) is 0 Å². The Kier molecular flexibility index (Phi) is 4.88. The number of carbonyl (C=O) groups is 1. The summed E-state index contributed by atoms with van der Waals surface area (Å²) in [4.78, 5) is 16.8. The minimum absolute atomic E-state index is 0.258. The van der Waals surface area contributed by atoms with Crippen LogP contribution in [0.1, 0.15) is 31.2 Å². The van der Waals surface area contributed by atoms with Crippen LogP contribution in [0.3, 0.4) is 0 Å². The first kappa shape index (κ1) is 16.9. The van der Waals surface area contributed by atoms with Crippen LogP contribution in [0.4, 0.5) is 0 Å². The molecule has 0 radical (unpaired) electrons. The third-order valence-corrected chi connectivity index (χ3v) is 5.23. The molecule has 0 amide bonds. The summed E-state index contributed by atoms with van der Waals surface area (Å²) in [6.45, 7) is 5.36. The second kappa shape index (κ2) is 6.91. The van der Waals surface area contributed by atoms with Crippen LogP contribution in [-0.4, -0.2) is 11.0 Å². The summed E-state index contributed by atoms with van der Waals surface area (Å²) in [5.41, 5.74) is 3.12. The van der Waals surface area contributed by atoms with E-state index in [1.54, 1.807) is 11.8 Å². The minimum atomic E-state index is -0.273. The number of hydrogen-bond donors (Lipinski definition) is 1. The van der Waals surface area contributed by atoms with Gasteiger partial charge < -0.3 is 9.72 Å². The van der Waals surface area contributed by atoms with Crippen LogP contribution in [0.2, 0.25) is 5.02 Å². The van der Waals surface area contributed by atoms with Gasteiger partial charge >= 0.3 is 5.97 Å². The summed E-state index contributed by atoms with van der Waals surface area (Å²) in [6, 6.07) is 14.0. The van der Waals surface area contributed by atoms with Gasteiger partial charge in [0.1, 0.15) is 6.10 Å². The van der Waals surface area contributed by atoms with Gasteiger partial charge in [0, 0.05) is 38.3 Å². The van der Waals surface area contributed by atoms with E-state index in [9.17, 15) is 4.79 Å². The second-order valence-electron chi connectivity index (χ2n) is 5.70. The number of fused-ring (bicyclic) bond motifs is 1. The van der Waals surface area contributed by atoms with Crippen molar-refractivity contribution < 1.29 is 9.53 Å². The number of esters is 1. The standard InChI is InChI=1S/C19H18ClNO2S/c1-11-19(17-8-7-15(20)10-18(17)21-11)24-16-6-4-5-14(9-16)12(2)23-13(3)22/h4-10,12,21H,1-3H3. The molecule has 0 bridgehead atoms.